The van der Waals surface area contributed by atoms with E-state index in [1.165, 1.54) is 25.7 Å². The summed E-state index contributed by atoms with van der Waals surface area (Å²) in [6, 6.07) is 12.3. The van der Waals surface area contributed by atoms with Crippen molar-refractivity contribution in [2.24, 2.45) is 0 Å². The van der Waals surface area contributed by atoms with Crippen LogP contribution in [0.4, 0.5) is 16.2 Å². The second kappa shape index (κ2) is 10.1. The van der Waals surface area contributed by atoms with E-state index in [1.807, 2.05) is 24.3 Å². The van der Waals surface area contributed by atoms with Crippen molar-refractivity contribution >= 4 is 29.2 Å². The second-order valence-corrected chi connectivity index (χ2v) is 9.65. The van der Waals surface area contributed by atoms with Gasteiger partial charge in [0.25, 0.3) is 5.91 Å². The van der Waals surface area contributed by atoms with Crippen LogP contribution in [0.2, 0.25) is 0 Å². The molecule has 2 aromatic carbocycles. The van der Waals surface area contributed by atoms with Crippen LogP contribution in [0.15, 0.2) is 42.5 Å². The van der Waals surface area contributed by atoms with Crippen LogP contribution in [0.25, 0.3) is 0 Å². The molecular weight excluding hydrogens is 460 g/mol. The SMILES string of the molecule is CC1(c2ccc3c(c2)OCCCO3)NC(=O)N(CC(=O)Nc2ccc(N3CCCCCC3)cc2)C1=O. The summed E-state index contributed by atoms with van der Waals surface area (Å²) in [6.45, 7) is 4.41. The molecule has 36 heavy (non-hydrogen) atoms. The number of rotatable bonds is 5. The molecule has 9 nitrogen and oxygen atoms in total. The highest BCUT2D eigenvalue weighted by Crippen LogP contribution is 2.36. The van der Waals surface area contributed by atoms with E-state index < -0.39 is 23.4 Å². The lowest BCUT2D eigenvalue weighted by atomic mass is 9.91. The quantitative estimate of drug-likeness (QED) is 0.619. The molecule has 4 amide bonds. The zero-order chi connectivity index (χ0) is 25.1. The van der Waals surface area contributed by atoms with E-state index in [2.05, 4.69) is 15.5 Å². The number of carbonyl (C=O) groups is 3. The molecule has 2 saturated heterocycles. The fourth-order valence-corrected chi connectivity index (χ4v) is 4.94. The maximum absolute atomic E-state index is 13.3. The molecule has 3 heterocycles. The molecule has 0 aliphatic carbocycles. The van der Waals surface area contributed by atoms with Gasteiger partial charge in [0.1, 0.15) is 12.1 Å². The summed E-state index contributed by atoms with van der Waals surface area (Å²) in [5.74, 6) is 0.209. The largest absolute Gasteiger partial charge is 0.490 e. The van der Waals surface area contributed by atoms with Crippen molar-refractivity contribution in [3.63, 3.8) is 0 Å². The number of hydrogen-bond donors (Lipinski definition) is 2. The lowest BCUT2D eigenvalue weighted by Crippen LogP contribution is -2.42. The van der Waals surface area contributed by atoms with Gasteiger partial charge < -0.3 is 25.0 Å². The predicted molar refractivity (Wildman–Crippen MR) is 135 cm³/mol. The normalized spacial score (nSPS) is 22.0. The average Bonchev–Trinajstić information content (AvgIpc) is 3.18. The summed E-state index contributed by atoms with van der Waals surface area (Å²) in [6.07, 6.45) is 5.67. The Labute approximate surface area is 210 Å². The fraction of sp³-hybridized carbons (Fsp3) is 0.444. The number of urea groups is 1. The Morgan fingerprint density at radius 1 is 0.944 bits per heavy atom. The van der Waals surface area contributed by atoms with E-state index in [0.29, 0.717) is 36.0 Å². The third-order valence-electron chi connectivity index (χ3n) is 7.02. The van der Waals surface area contributed by atoms with Crippen molar-refractivity contribution in [2.45, 2.75) is 44.6 Å². The van der Waals surface area contributed by atoms with Crippen LogP contribution in [0.1, 0.15) is 44.6 Å². The second-order valence-electron chi connectivity index (χ2n) is 9.65. The summed E-state index contributed by atoms with van der Waals surface area (Å²) in [5.41, 5.74) is 1.01. The van der Waals surface area contributed by atoms with Crippen molar-refractivity contribution in [1.29, 1.82) is 0 Å². The number of imide groups is 1. The monoisotopic (exact) mass is 492 g/mol. The minimum absolute atomic E-state index is 0.376. The minimum Gasteiger partial charge on any atom is -0.490 e. The van der Waals surface area contributed by atoms with Gasteiger partial charge in [-0.15, -0.1) is 0 Å². The smallest absolute Gasteiger partial charge is 0.325 e. The number of amides is 4. The average molecular weight is 493 g/mol. The Morgan fingerprint density at radius 3 is 2.36 bits per heavy atom. The van der Waals surface area contributed by atoms with E-state index in [-0.39, 0.29) is 6.54 Å². The minimum atomic E-state index is -1.31. The first-order valence-electron chi connectivity index (χ1n) is 12.6. The van der Waals surface area contributed by atoms with Gasteiger partial charge in [0.05, 0.1) is 13.2 Å². The standard InChI is InChI=1S/C27H32N4O5/c1-27(19-7-12-22-23(17-19)36-16-6-15-35-22)25(33)31(26(34)29-27)18-24(32)28-20-8-10-21(11-9-20)30-13-4-2-3-5-14-30/h7-12,17H,2-6,13-16,18H2,1H3,(H,28,32)(H,29,34). The van der Waals surface area contributed by atoms with Gasteiger partial charge in [-0.05, 0) is 61.7 Å². The van der Waals surface area contributed by atoms with Gasteiger partial charge in [-0.1, -0.05) is 18.9 Å². The van der Waals surface area contributed by atoms with Gasteiger partial charge in [0, 0.05) is 30.9 Å². The molecule has 2 aromatic rings. The van der Waals surface area contributed by atoms with Crippen LogP contribution < -0.4 is 25.0 Å². The first-order chi connectivity index (χ1) is 17.4. The molecule has 1 atom stereocenters. The van der Waals surface area contributed by atoms with Gasteiger partial charge in [-0.3, -0.25) is 14.5 Å². The number of ether oxygens (including phenoxy) is 2. The summed E-state index contributed by atoms with van der Waals surface area (Å²) in [5, 5.41) is 5.54. The molecule has 9 heteroatoms. The van der Waals surface area contributed by atoms with Gasteiger partial charge in [0.15, 0.2) is 11.5 Å². The van der Waals surface area contributed by atoms with Crippen molar-refractivity contribution < 1.29 is 23.9 Å². The zero-order valence-corrected chi connectivity index (χ0v) is 20.5. The van der Waals surface area contributed by atoms with Gasteiger partial charge >= 0.3 is 6.03 Å². The Morgan fingerprint density at radius 2 is 1.64 bits per heavy atom. The summed E-state index contributed by atoms with van der Waals surface area (Å²) in [7, 11) is 0. The molecule has 0 spiro atoms. The summed E-state index contributed by atoms with van der Waals surface area (Å²) >= 11 is 0. The summed E-state index contributed by atoms with van der Waals surface area (Å²) < 4.78 is 11.4. The third kappa shape index (κ3) is 4.82. The van der Waals surface area contributed by atoms with Crippen LogP contribution in [0.5, 0.6) is 11.5 Å². The van der Waals surface area contributed by atoms with Crippen LogP contribution in [0, 0.1) is 0 Å². The van der Waals surface area contributed by atoms with Crippen molar-refractivity contribution in [3.8, 4) is 11.5 Å². The molecule has 0 saturated carbocycles. The van der Waals surface area contributed by atoms with E-state index >= 15 is 0 Å². The van der Waals surface area contributed by atoms with Crippen molar-refractivity contribution in [2.75, 3.05) is 43.1 Å². The van der Waals surface area contributed by atoms with E-state index in [0.717, 1.165) is 30.1 Å². The highest BCUT2D eigenvalue weighted by atomic mass is 16.5. The van der Waals surface area contributed by atoms with Crippen LogP contribution >= 0.6 is 0 Å². The number of nitrogens with one attached hydrogen (secondary N) is 2. The molecule has 3 aliphatic rings. The topological polar surface area (TPSA) is 100 Å². The molecule has 3 aliphatic heterocycles. The molecule has 0 radical (unpaired) electrons. The molecular formula is C27H32N4O5. The van der Waals surface area contributed by atoms with E-state index in [9.17, 15) is 14.4 Å². The molecule has 0 bridgehead atoms. The number of benzene rings is 2. The number of anilines is 2. The zero-order valence-electron chi connectivity index (χ0n) is 20.5. The maximum Gasteiger partial charge on any atom is 0.325 e. The van der Waals surface area contributed by atoms with Gasteiger partial charge in [0.2, 0.25) is 5.91 Å². The predicted octanol–water partition coefficient (Wildman–Crippen LogP) is 3.63. The van der Waals surface area contributed by atoms with Crippen LogP contribution in [0.3, 0.4) is 0 Å². The maximum atomic E-state index is 13.3. The molecule has 2 N–H and O–H groups in total. The Kier molecular flexibility index (Phi) is 6.71. The third-order valence-corrected chi connectivity index (χ3v) is 7.02. The fourth-order valence-electron chi connectivity index (χ4n) is 4.94. The number of nitrogens with zero attached hydrogens (tertiary/aromatic N) is 2. The highest BCUT2D eigenvalue weighted by molar-refractivity contribution is 6.10. The number of hydrogen-bond acceptors (Lipinski definition) is 6. The Balaban J connectivity index is 1.24. The lowest BCUT2D eigenvalue weighted by Gasteiger charge is -2.23. The number of fused-ring (bicyclic) bond motifs is 1. The lowest BCUT2D eigenvalue weighted by molar-refractivity contribution is -0.133. The Bertz CT molecular complexity index is 1140. The first-order valence-corrected chi connectivity index (χ1v) is 12.6. The van der Waals surface area contributed by atoms with Gasteiger partial charge in [-0.25, -0.2) is 4.79 Å². The highest BCUT2D eigenvalue weighted by Gasteiger charge is 2.49. The van der Waals surface area contributed by atoms with Crippen molar-refractivity contribution in [3.05, 3.63) is 48.0 Å². The molecule has 1 unspecified atom stereocenters. The van der Waals surface area contributed by atoms with Crippen molar-refractivity contribution in [1.82, 2.24) is 10.2 Å². The molecule has 0 aromatic heterocycles. The molecule has 190 valence electrons. The van der Waals surface area contributed by atoms with E-state index in [1.54, 1.807) is 25.1 Å². The van der Waals surface area contributed by atoms with E-state index in [4.69, 9.17) is 9.47 Å². The summed E-state index contributed by atoms with van der Waals surface area (Å²) in [4.78, 5) is 42.1. The number of carbonyl (C=O) groups excluding carboxylic acids is 3. The van der Waals surface area contributed by atoms with Crippen LogP contribution in [-0.4, -0.2) is 55.6 Å². The molecule has 2 fully saturated rings. The molecule has 5 rings (SSSR count). The Hall–Kier alpha value is -3.75. The van der Waals surface area contributed by atoms with Gasteiger partial charge in [-0.2, -0.15) is 0 Å². The van der Waals surface area contributed by atoms with Crippen LogP contribution in [-0.2, 0) is 15.1 Å². The first kappa shape index (κ1) is 24.0.